The summed E-state index contributed by atoms with van der Waals surface area (Å²) in [7, 11) is 0. The molecular formula is C16H15BrN2O4. The van der Waals surface area contributed by atoms with E-state index in [1.807, 2.05) is 0 Å². The van der Waals surface area contributed by atoms with E-state index in [1.54, 1.807) is 37.4 Å². The standard InChI is InChI=1S/C16H15BrN2O4/c1-16(21,11-2-3-13-14(5-11)23-9-22-13)8-19-15(20)10-4-12(17)7-18-6-10/h2-7,21H,8-9H2,1H3,(H,19,20)/t16-/m0/s1. The number of fused-ring (bicyclic) bond motifs is 1. The van der Waals surface area contributed by atoms with E-state index in [4.69, 9.17) is 9.47 Å². The van der Waals surface area contributed by atoms with E-state index in [-0.39, 0.29) is 19.2 Å². The van der Waals surface area contributed by atoms with Gasteiger partial charge in [0.25, 0.3) is 5.91 Å². The van der Waals surface area contributed by atoms with Crippen LogP contribution in [0.2, 0.25) is 0 Å². The third-order valence-corrected chi connectivity index (χ3v) is 3.99. The quantitative estimate of drug-likeness (QED) is 0.852. The summed E-state index contributed by atoms with van der Waals surface area (Å²) in [4.78, 5) is 16.1. The molecule has 1 atom stereocenters. The van der Waals surface area contributed by atoms with E-state index < -0.39 is 5.60 Å². The summed E-state index contributed by atoms with van der Waals surface area (Å²) in [5, 5.41) is 13.3. The van der Waals surface area contributed by atoms with Gasteiger partial charge in [-0.05, 0) is 46.6 Å². The SMILES string of the molecule is C[C@](O)(CNC(=O)c1cncc(Br)c1)c1ccc2c(c1)OCO2. The zero-order chi connectivity index (χ0) is 16.4. The molecule has 1 aromatic carbocycles. The van der Waals surface area contributed by atoms with Crippen LogP contribution in [0.4, 0.5) is 0 Å². The van der Waals surface area contributed by atoms with E-state index in [2.05, 4.69) is 26.2 Å². The van der Waals surface area contributed by atoms with Crippen LogP contribution in [0.5, 0.6) is 11.5 Å². The number of nitrogens with zero attached hydrogens (tertiary/aromatic N) is 1. The molecule has 0 spiro atoms. The van der Waals surface area contributed by atoms with Crippen molar-refractivity contribution in [2.45, 2.75) is 12.5 Å². The molecule has 2 N–H and O–H groups in total. The Kier molecular flexibility index (Phi) is 4.23. The summed E-state index contributed by atoms with van der Waals surface area (Å²) in [6.45, 7) is 1.86. The van der Waals surface area contributed by atoms with Crippen molar-refractivity contribution in [2.75, 3.05) is 13.3 Å². The van der Waals surface area contributed by atoms with Crippen molar-refractivity contribution >= 4 is 21.8 Å². The molecule has 3 rings (SSSR count). The van der Waals surface area contributed by atoms with Crippen molar-refractivity contribution in [2.24, 2.45) is 0 Å². The smallest absolute Gasteiger partial charge is 0.252 e. The lowest BCUT2D eigenvalue weighted by molar-refractivity contribution is 0.0524. The molecule has 0 aliphatic carbocycles. The van der Waals surface area contributed by atoms with E-state index in [0.29, 0.717) is 27.1 Å². The minimum atomic E-state index is -1.24. The van der Waals surface area contributed by atoms with E-state index in [0.717, 1.165) is 0 Å². The van der Waals surface area contributed by atoms with Gasteiger partial charge in [-0.1, -0.05) is 6.07 Å². The summed E-state index contributed by atoms with van der Waals surface area (Å²) in [6, 6.07) is 6.87. The van der Waals surface area contributed by atoms with Gasteiger partial charge < -0.3 is 19.9 Å². The average Bonchev–Trinajstić information content (AvgIpc) is 3.00. The Balaban J connectivity index is 1.70. The van der Waals surface area contributed by atoms with Gasteiger partial charge in [-0.15, -0.1) is 0 Å². The Bertz CT molecular complexity index is 749. The highest BCUT2D eigenvalue weighted by Crippen LogP contribution is 2.35. The lowest BCUT2D eigenvalue weighted by atomic mass is 9.95. The highest BCUT2D eigenvalue weighted by molar-refractivity contribution is 9.10. The minimum absolute atomic E-state index is 0.0536. The Morgan fingerprint density at radius 2 is 2.13 bits per heavy atom. The number of hydrogen-bond acceptors (Lipinski definition) is 5. The van der Waals surface area contributed by atoms with Crippen LogP contribution in [-0.4, -0.2) is 29.3 Å². The number of rotatable bonds is 4. The maximum Gasteiger partial charge on any atom is 0.252 e. The molecule has 1 aliphatic heterocycles. The van der Waals surface area contributed by atoms with Gasteiger partial charge in [0, 0.05) is 16.9 Å². The zero-order valence-electron chi connectivity index (χ0n) is 12.4. The molecule has 7 heteroatoms. The lowest BCUT2D eigenvalue weighted by Crippen LogP contribution is -2.38. The van der Waals surface area contributed by atoms with Crippen molar-refractivity contribution in [1.29, 1.82) is 0 Å². The number of halogens is 1. The number of pyridine rings is 1. The van der Waals surface area contributed by atoms with Gasteiger partial charge in [0.2, 0.25) is 6.79 Å². The van der Waals surface area contributed by atoms with Crippen LogP contribution in [-0.2, 0) is 5.60 Å². The summed E-state index contributed by atoms with van der Waals surface area (Å²) >= 11 is 3.27. The maximum atomic E-state index is 12.1. The number of benzene rings is 1. The van der Waals surface area contributed by atoms with Gasteiger partial charge in [0.15, 0.2) is 11.5 Å². The summed E-state index contributed by atoms with van der Waals surface area (Å²) in [6.07, 6.45) is 3.06. The van der Waals surface area contributed by atoms with Crippen LogP contribution in [0.3, 0.4) is 0 Å². The largest absolute Gasteiger partial charge is 0.454 e. The van der Waals surface area contributed by atoms with Crippen molar-refractivity contribution in [1.82, 2.24) is 10.3 Å². The second-order valence-electron chi connectivity index (χ2n) is 5.42. The first-order valence-electron chi connectivity index (χ1n) is 6.97. The molecule has 1 amide bonds. The zero-order valence-corrected chi connectivity index (χ0v) is 14.0. The molecular weight excluding hydrogens is 364 g/mol. The molecule has 2 heterocycles. The monoisotopic (exact) mass is 378 g/mol. The van der Waals surface area contributed by atoms with Crippen LogP contribution >= 0.6 is 15.9 Å². The van der Waals surface area contributed by atoms with Gasteiger partial charge in [-0.25, -0.2) is 0 Å². The Morgan fingerprint density at radius 3 is 2.91 bits per heavy atom. The lowest BCUT2D eigenvalue weighted by Gasteiger charge is -2.24. The molecule has 1 aromatic heterocycles. The van der Waals surface area contributed by atoms with E-state index in [1.165, 1.54) is 6.20 Å². The van der Waals surface area contributed by atoms with Gasteiger partial charge in [-0.2, -0.15) is 0 Å². The van der Waals surface area contributed by atoms with Crippen molar-refractivity contribution < 1.29 is 19.4 Å². The second kappa shape index (κ2) is 6.17. The number of ether oxygens (including phenoxy) is 2. The van der Waals surface area contributed by atoms with E-state index in [9.17, 15) is 9.90 Å². The summed E-state index contributed by atoms with van der Waals surface area (Å²) in [5.74, 6) is 0.930. The maximum absolute atomic E-state index is 12.1. The van der Waals surface area contributed by atoms with Crippen LogP contribution in [0.1, 0.15) is 22.8 Å². The second-order valence-corrected chi connectivity index (χ2v) is 6.33. The normalized spacial score (nSPS) is 15.1. The molecule has 0 fully saturated rings. The number of carbonyl (C=O) groups is 1. The Hall–Kier alpha value is -2.12. The predicted molar refractivity (Wildman–Crippen MR) is 86.4 cm³/mol. The number of carbonyl (C=O) groups excluding carboxylic acids is 1. The average molecular weight is 379 g/mol. The fraction of sp³-hybridized carbons (Fsp3) is 0.250. The molecule has 120 valence electrons. The summed E-state index contributed by atoms with van der Waals surface area (Å²) < 4.78 is 11.3. The van der Waals surface area contributed by atoms with Gasteiger partial charge in [0.1, 0.15) is 5.60 Å². The van der Waals surface area contributed by atoms with Crippen molar-refractivity contribution in [3.05, 3.63) is 52.3 Å². The molecule has 0 saturated heterocycles. The predicted octanol–water partition coefficient (Wildman–Crippen LogP) is 2.21. The topological polar surface area (TPSA) is 80.7 Å². The molecule has 0 radical (unpaired) electrons. The number of aliphatic hydroxyl groups is 1. The number of nitrogens with one attached hydrogen (secondary N) is 1. The minimum Gasteiger partial charge on any atom is -0.454 e. The van der Waals surface area contributed by atoms with Gasteiger partial charge in [-0.3, -0.25) is 9.78 Å². The van der Waals surface area contributed by atoms with Crippen LogP contribution < -0.4 is 14.8 Å². The van der Waals surface area contributed by atoms with Gasteiger partial charge >= 0.3 is 0 Å². The van der Waals surface area contributed by atoms with Crippen LogP contribution in [0, 0.1) is 0 Å². The molecule has 0 unspecified atom stereocenters. The van der Waals surface area contributed by atoms with Crippen molar-refractivity contribution in [3.63, 3.8) is 0 Å². The third-order valence-electron chi connectivity index (χ3n) is 3.55. The van der Waals surface area contributed by atoms with Gasteiger partial charge in [0.05, 0.1) is 12.1 Å². The first-order chi connectivity index (χ1) is 11.0. The first kappa shape index (κ1) is 15.8. The number of amides is 1. The molecule has 0 saturated carbocycles. The van der Waals surface area contributed by atoms with Crippen LogP contribution in [0.15, 0.2) is 41.1 Å². The third kappa shape index (κ3) is 3.46. The number of aromatic nitrogens is 1. The van der Waals surface area contributed by atoms with E-state index >= 15 is 0 Å². The highest BCUT2D eigenvalue weighted by atomic mass is 79.9. The fourth-order valence-corrected chi connectivity index (χ4v) is 2.59. The molecule has 2 aromatic rings. The molecule has 1 aliphatic rings. The molecule has 0 bridgehead atoms. The molecule has 23 heavy (non-hydrogen) atoms. The fourth-order valence-electron chi connectivity index (χ4n) is 2.22. The molecule has 6 nitrogen and oxygen atoms in total. The van der Waals surface area contributed by atoms with Crippen molar-refractivity contribution in [3.8, 4) is 11.5 Å². The number of hydrogen-bond donors (Lipinski definition) is 2. The Labute approximate surface area is 141 Å². The Morgan fingerprint density at radius 1 is 1.35 bits per heavy atom. The van der Waals surface area contributed by atoms with Crippen LogP contribution in [0.25, 0.3) is 0 Å². The first-order valence-corrected chi connectivity index (χ1v) is 7.76. The highest BCUT2D eigenvalue weighted by Gasteiger charge is 2.26. The summed E-state index contributed by atoms with van der Waals surface area (Å²) in [5.41, 5.74) is -0.189.